The first-order valence-corrected chi connectivity index (χ1v) is 7.78. The number of anilines is 3. The summed E-state index contributed by atoms with van der Waals surface area (Å²) in [6.45, 7) is 3.65. The third-order valence-corrected chi connectivity index (χ3v) is 3.59. The zero-order chi connectivity index (χ0) is 17.7. The Balaban J connectivity index is 2.18. The number of nitrogens with zero attached hydrogens (tertiary/aromatic N) is 1. The summed E-state index contributed by atoms with van der Waals surface area (Å²) >= 11 is 6.09. The molecular formula is C17H20ClN3O3. The largest absolute Gasteiger partial charge is 0.495 e. The highest BCUT2D eigenvalue weighted by Crippen LogP contribution is 2.37. The van der Waals surface area contributed by atoms with Crippen LogP contribution in [0.2, 0.25) is 5.02 Å². The Morgan fingerprint density at radius 3 is 2.42 bits per heavy atom. The van der Waals surface area contributed by atoms with Crippen molar-refractivity contribution in [3.63, 3.8) is 0 Å². The van der Waals surface area contributed by atoms with Gasteiger partial charge in [0.15, 0.2) is 0 Å². The molecule has 1 aromatic heterocycles. The number of halogens is 1. The van der Waals surface area contributed by atoms with Gasteiger partial charge >= 0.3 is 0 Å². The van der Waals surface area contributed by atoms with Crippen LogP contribution in [0.4, 0.5) is 17.2 Å². The smallest absolute Gasteiger partial charge is 0.228 e. The molecule has 128 valence electrons. The second-order valence-corrected chi connectivity index (χ2v) is 5.80. The van der Waals surface area contributed by atoms with Crippen molar-refractivity contribution < 1.29 is 14.3 Å². The number of rotatable bonds is 6. The van der Waals surface area contributed by atoms with Crippen molar-refractivity contribution in [2.24, 2.45) is 5.92 Å². The van der Waals surface area contributed by atoms with Gasteiger partial charge in [0.25, 0.3) is 0 Å². The second kappa shape index (κ2) is 7.88. The van der Waals surface area contributed by atoms with E-state index in [9.17, 15) is 4.79 Å². The fourth-order valence-corrected chi connectivity index (χ4v) is 2.16. The van der Waals surface area contributed by atoms with Gasteiger partial charge in [-0.1, -0.05) is 25.4 Å². The molecule has 0 saturated carbocycles. The predicted molar refractivity (Wildman–Crippen MR) is 95.5 cm³/mol. The van der Waals surface area contributed by atoms with Gasteiger partial charge in [0.1, 0.15) is 17.3 Å². The van der Waals surface area contributed by atoms with Crippen molar-refractivity contribution in [1.82, 2.24) is 4.98 Å². The van der Waals surface area contributed by atoms with Gasteiger partial charge in [0.05, 0.1) is 36.8 Å². The van der Waals surface area contributed by atoms with Crippen molar-refractivity contribution in [1.29, 1.82) is 0 Å². The maximum Gasteiger partial charge on any atom is 0.228 e. The van der Waals surface area contributed by atoms with Crippen molar-refractivity contribution in [2.75, 3.05) is 24.9 Å². The minimum atomic E-state index is -0.101. The number of amides is 1. The van der Waals surface area contributed by atoms with E-state index in [2.05, 4.69) is 15.6 Å². The number of methoxy groups -OCH3 is 2. The van der Waals surface area contributed by atoms with Crippen LogP contribution in [0.25, 0.3) is 0 Å². The minimum absolute atomic E-state index is 0.0766. The van der Waals surface area contributed by atoms with E-state index in [4.69, 9.17) is 21.1 Å². The van der Waals surface area contributed by atoms with Crippen molar-refractivity contribution in [3.8, 4) is 11.5 Å². The molecule has 1 amide bonds. The SMILES string of the molecule is COc1cc(Nc2ccc(NC(=O)C(C)C)nc2)c(OC)cc1Cl. The Morgan fingerprint density at radius 2 is 1.88 bits per heavy atom. The molecule has 6 nitrogen and oxygen atoms in total. The standard InChI is InChI=1S/C17H20ClN3O3/c1-10(2)17(22)21-16-6-5-11(9-19-16)20-13-8-14(23-3)12(18)7-15(13)24-4/h5-10,20H,1-4H3,(H,19,21,22). The van der Waals surface area contributed by atoms with Gasteiger partial charge in [-0.05, 0) is 12.1 Å². The third-order valence-electron chi connectivity index (χ3n) is 3.29. The molecule has 7 heteroatoms. The molecule has 0 bridgehead atoms. The van der Waals surface area contributed by atoms with E-state index in [1.54, 1.807) is 38.6 Å². The summed E-state index contributed by atoms with van der Waals surface area (Å²) in [4.78, 5) is 15.9. The fraction of sp³-hybridized carbons (Fsp3) is 0.294. The van der Waals surface area contributed by atoms with E-state index in [-0.39, 0.29) is 11.8 Å². The second-order valence-electron chi connectivity index (χ2n) is 5.39. The quantitative estimate of drug-likeness (QED) is 0.821. The van der Waals surface area contributed by atoms with Crippen LogP contribution in [0.5, 0.6) is 11.5 Å². The Labute approximate surface area is 146 Å². The number of carbonyl (C=O) groups excluding carboxylic acids is 1. The molecule has 0 aliphatic heterocycles. The van der Waals surface area contributed by atoms with E-state index >= 15 is 0 Å². The summed E-state index contributed by atoms with van der Waals surface area (Å²) in [6.07, 6.45) is 1.62. The summed E-state index contributed by atoms with van der Waals surface area (Å²) in [5.74, 6) is 1.44. The molecule has 0 atom stereocenters. The summed E-state index contributed by atoms with van der Waals surface area (Å²) in [6, 6.07) is 6.95. The molecule has 1 aromatic carbocycles. The number of aromatic nitrogens is 1. The molecule has 24 heavy (non-hydrogen) atoms. The van der Waals surface area contributed by atoms with Gasteiger partial charge < -0.3 is 20.1 Å². The Kier molecular flexibility index (Phi) is 5.87. The lowest BCUT2D eigenvalue weighted by molar-refractivity contribution is -0.118. The van der Waals surface area contributed by atoms with Crippen LogP contribution in [0, 0.1) is 5.92 Å². The van der Waals surface area contributed by atoms with Crippen molar-refractivity contribution in [3.05, 3.63) is 35.5 Å². The first-order valence-electron chi connectivity index (χ1n) is 7.40. The number of carbonyl (C=O) groups is 1. The Morgan fingerprint density at radius 1 is 1.17 bits per heavy atom. The molecule has 0 spiro atoms. The highest BCUT2D eigenvalue weighted by molar-refractivity contribution is 6.32. The van der Waals surface area contributed by atoms with Crippen LogP contribution < -0.4 is 20.1 Å². The number of nitrogens with one attached hydrogen (secondary N) is 2. The number of ether oxygens (including phenoxy) is 2. The van der Waals surface area contributed by atoms with Crippen LogP contribution in [-0.2, 0) is 4.79 Å². The maximum absolute atomic E-state index is 11.7. The molecule has 0 radical (unpaired) electrons. The molecular weight excluding hydrogens is 330 g/mol. The zero-order valence-electron chi connectivity index (χ0n) is 14.0. The van der Waals surface area contributed by atoms with E-state index in [0.717, 1.165) is 5.69 Å². The lowest BCUT2D eigenvalue weighted by Crippen LogP contribution is -2.18. The van der Waals surface area contributed by atoms with Crippen LogP contribution in [-0.4, -0.2) is 25.1 Å². The van der Waals surface area contributed by atoms with Gasteiger partial charge in [-0.2, -0.15) is 0 Å². The first-order chi connectivity index (χ1) is 11.4. The number of hydrogen-bond acceptors (Lipinski definition) is 5. The Bertz CT molecular complexity index is 718. The average molecular weight is 350 g/mol. The predicted octanol–water partition coefficient (Wildman–Crippen LogP) is 4.09. The summed E-state index contributed by atoms with van der Waals surface area (Å²) in [7, 11) is 3.11. The molecule has 2 N–H and O–H groups in total. The van der Waals surface area contributed by atoms with E-state index < -0.39 is 0 Å². The molecule has 0 aliphatic carbocycles. The number of benzene rings is 1. The van der Waals surface area contributed by atoms with Crippen LogP contribution in [0.1, 0.15) is 13.8 Å². The first kappa shape index (κ1) is 17.9. The molecule has 0 fully saturated rings. The topological polar surface area (TPSA) is 72.5 Å². The summed E-state index contributed by atoms with van der Waals surface area (Å²) < 4.78 is 10.5. The van der Waals surface area contributed by atoms with E-state index in [0.29, 0.717) is 28.0 Å². The Hall–Kier alpha value is -2.47. The fourth-order valence-electron chi connectivity index (χ4n) is 1.93. The van der Waals surface area contributed by atoms with Crippen LogP contribution >= 0.6 is 11.6 Å². The summed E-state index contributed by atoms with van der Waals surface area (Å²) in [5.41, 5.74) is 1.43. The minimum Gasteiger partial charge on any atom is -0.495 e. The molecule has 0 aliphatic rings. The molecule has 1 heterocycles. The monoisotopic (exact) mass is 349 g/mol. The third kappa shape index (κ3) is 4.29. The average Bonchev–Trinajstić information content (AvgIpc) is 2.57. The molecule has 2 aromatic rings. The highest BCUT2D eigenvalue weighted by atomic mass is 35.5. The summed E-state index contributed by atoms with van der Waals surface area (Å²) in [5, 5.41) is 6.39. The zero-order valence-corrected chi connectivity index (χ0v) is 14.8. The van der Waals surface area contributed by atoms with Crippen LogP contribution in [0.15, 0.2) is 30.5 Å². The lowest BCUT2D eigenvalue weighted by Gasteiger charge is -2.14. The van der Waals surface area contributed by atoms with Crippen LogP contribution in [0.3, 0.4) is 0 Å². The number of hydrogen-bond donors (Lipinski definition) is 2. The van der Waals surface area contributed by atoms with Gasteiger partial charge in [-0.15, -0.1) is 0 Å². The van der Waals surface area contributed by atoms with Gasteiger partial charge in [0, 0.05) is 18.1 Å². The lowest BCUT2D eigenvalue weighted by atomic mass is 10.2. The normalized spacial score (nSPS) is 10.4. The number of pyridine rings is 1. The van der Waals surface area contributed by atoms with Crippen molar-refractivity contribution in [2.45, 2.75) is 13.8 Å². The maximum atomic E-state index is 11.7. The van der Waals surface area contributed by atoms with Gasteiger partial charge in [-0.25, -0.2) is 4.98 Å². The van der Waals surface area contributed by atoms with Gasteiger partial charge in [0.2, 0.25) is 5.91 Å². The highest BCUT2D eigenvalue weighted by Gasteiger charge is 2.11. The van der Waals surface area contributed by atoms with Crippen molar-refractivity contribution >= 4 is 34.7 Å². The molecule has 2 rings (SSSR count). The van der Waals surface area contributed by atoms with E-state index in [1.807, 2.05) is 19.9 Å². The van der Waals surface area contributed by atoms with Gasteiger partial charge in [-0.3, -0.25) is 4.79 Å². The van der Waals surface area contributed by atoms with E-state index in [1.165, 1.54) is 0 Å². The molecule has 0 unspecified atom stereocenters. The molecule has 0 saturated heterocycles.